The maximum atomic E-state index is 12.3. The van der Waals surface area contributed by atoms with Crippen molar-refractivity contribution in [2.75, 3.05) is 13.1 Å². The van der Waals surface area contributed by atoms with E-state index in [1.807, 2.05) is 30.3 Å². The normalized spacial score (nSPS) is 19.8. The number of thiophene rings is 1. The van der Waals surface area contributed by atoms with Crippen LogP contribution in [0.15, 0.2) is 42.5 Å². The number of carbonyl (C=O) groups excluding carboxylic acids is 1. The van der Waals surface area contributed by atoms with Gasteiger partial charge in [-0.25, -0.2) is 4.79 Å². The van der Waals surface area contributed by atoms with Crippen LogP contribution in [0, 0.1) is 0 Å². The number of nitrogens with zero attached hydrogens (tertiary/aromatic N) is 1. The molecule has 6 nitrogen and oxygen atoms in total. The minimum atomic E-state index is -1.02. The Balaban J connectivity index is 1.65. The molecule has 2 N–H and O–H groups in total. The summed E-state index contributed by atoms with van der Waals surface area (Å²) in [5, 5.41) is 12.1. The minimum absolute atomic E-state index is 0.194. The van der Waals surface area contributed by atoms with Crippen molar-refractivity contribution in [1.29, 1.82) is 0 Å². The summed E-state index contributed by atoms with van der Waals surface area (Å²) in [7, 11) is 0. The highest BCUT2D eigenvalue weighted by Crippen LogP contribution is 2.22. The summed E-state index contributed by atoms with van der Waals surface area (Å²) in [6.07, 6.45) is -1.43. The minimum Gasteiger partial charge on any atom is -0.465 e. The van der Waals surface area contributed by atoms with E-state index in [1.54, 1.807) is 12.1 Å². The van der Waals surface area contributed by atoms with E-state index in [0.717, 1.165) is 5.56 Å². The maximum Gasteiger partial charge on any atom is 0.407 e. The third-order valence-electron chi connectivity index (χ3n) is 3.96. The Hall–Kier alpha value is -2.09. The summed E-state index contributed by atoms with van der Waals surface area (Å²) in [6, 6.07) is 12.5. The number of rotatable bonds is 5. The molecule has 1 aromatic carbocycles. The maximum absolute atomic E-state index is 12.3. The molecule has 2 aromatic rings. The molecule has 1 aliphatic rings. The summed E-state index contributed by atoms with van der Waals surface area (Å²) in [5.74, 6) is -0.276. The van der Waals surface area contributed by atoms with Crippen LogP contribution < -0.4 is 5.32 Å². The molecule has 0 spiro atoms. The Labute approximate surface area is 154 Å². The van der Waals surface area contributed by atoms with Crippen molar-refractivity contribution in [2.24, 2.45) is 0 Å². The van der Waals surface area contributed by atoms with Gasteiger partial charge in [0.25, 0.3) is 5.91 Å². The van der Waals surface area contributed by atoms with Gasteiger partial charge in [-0.15, -0.1) is 11.3 Å². The lowest BCUT2D eigenvalue weighted by atomic mass is 10.2. The third-order valence-corrected chi connectivity index (χ3v) is 5.19. The molecule has 0 aliphatic carbocycles. The van der Waals surface area contributed by atoms with Gasteiger partial charge in [-0.2, -0.15) is 0 Å². The van der Waals surface area contributed by atoms with Crippen LogP contribution in [0.25, 0.3) is 0 Å². The number of halogens is 1. The van der Waals surface area contributed by atoms with Crippen molar-refractivity contribution in [3.05, 3.63) is 57.2 Å². The van der Waals surface area contributed by atoms with Crippen molar-refractivity contribution in [3.8, 4) is 0 Å². The highest BCUT2D eigenvalue weighted by atomic mass is 35.5. The van der Waals surface area contributed by atoms with Crippen LogP contribution >= 0.6 is 22.9 Å². The molecular formula is C17H17ClN2O4S. The molecular weight excluding hydrogens is 364 g/mol. The number of hydrogen-bond donors (Lipinski definition) is 2. The number of carbonyl (C=O) groups is 2. The Bertz CT molecular complexity index is 752. The van der Waals surface area contributed by atoms with Gasteiger partial charge in [0.1, 0.15) is 0 Å². The van der Waals surface area contributed by atoms with Gasteiger partial charge in [-0.3, -0.25) is 4.79 Å². The Morgan fingerprint density at radius 2 is 2.00 bits per heavy atom. The fraction of sp³-hybridized carbons (Fsp3) is 0.294. The first-order valence-electron chi connectivity index (χ1n) is 7.72. The summed E-state index contributed by atoms with van der Waals surface area (Å²) >= 11 is 7.04. The topological polar surface area (TPSA) is 78.9 Å². The Morgan fingerprint density at radius 3 is 2.64 bits per heavy atom. The van der Waals surface area contributed by atoms with E-state index in [2.05, 4.69) is 5.32 Å². The molecule has 0 saturated carbocycles. The predicted molar refractivity (Wildman–Crippen MR) is 95.2 cm³/mol. The molecule has 0 bridgehead atoms. The fourth-order valence-electron chi connectivity index (χ4n) is 2.69. The van der Waals surface area contributed by atoms with Crippen LogP contribution in [0.1, 0.15) is 15.2 Å². The lowest BCUT2D eigenvalue weighted by Crippen LogP contribution is -2.43. The van der Waals surface area contributed by atoms with E-state index >= 15 is 0 Å². The van der Waals surface area contributed by atoms with Crippen molar-refractivity contribution >= 4 is 34.9 Å². The molecule has 2 amide bonds. The second-order valence-electron chi connectivity index (χ2n) is 5.71. The molecule has 2 heterocycles. The first kappa shape index (κ1) is 17.7. The first-order chi connectivity index (χ1) is 12.0. The van der Waals surface area contributed by atoms with Crippen molar-refractivity contribution in [3.63, 3.8) is 0 Å². The standard InChI is InChI=1S/C17H17ClN2O4S/c18-15-7-6-14(25-15)16(21)19-12-8-20(17(22)23)9-13(12)24-10-11-4-2-1-3-5-11/h1-7,12-13H,8-10H2,(H,19,21)(H,22,23). The smallest absolute Gasteiger partial charge is 0.407 e. The number of carboxylic acid groups (broad SMARTS) is 1. The molecule has 0 radical (unpaired) electrons. The fourth-order valence-corrected chi connectivity index (χ4v) is 3.64. The number of ether oxygens (including phenoxy) is 1. The third kappa shape index (κ3) is 4.50. The van der Waals surface area contributed by atoms with Gasteiger partial charge in [0.15, 0.2) is 0 Å². The number of amides is 2. The first-order valence-corrected chi connectivity index (χ1v) is 8.92. The van der Waals surface area contributed by atoms with E-state index < -0.39 is 18.2 Å². The van der Waals surface area contributed by atoms with Crippen LogP contribution in [-0.2, 0) is 11.3 Å². The average molecular weight is 381 g/mol. The molecule has 1 fully saturated rings. The lowest BCUT2D eigenvalue weighted by molar-refractivity contribution is 0.0316. The van der Waals surface area contributed by atoms with Gasteiger partial charge in [-0.1, -0.05) is 41.9 Å². The van der Waals surface area contributed by atoms with Crippen molar-refractivity contribution in [2.45, 2.75) is 18.8 Å². The van der Waals surface area contributed by atoms with E-state index in [0.29, 0.717) is 15.8 Å². The molecule has 1 aliphatic heterocycles. The van der Waals surface area contributed by atoms with Crippen LogP contribution in [-0.4, -0.2) is 47.2 Å². The van der Waals surface area contributed by atoms with E-state index in [-0.39, 0.29) is 19.0 Å². The van der Waals surface area contributed by atoms with Crippen LogP contribution in [0.4, 0.5) is 4.79 Å². The highest BCUT2D eigenvalue weighted by molar-refractivity contribution is 7.18. The van der Waals surface area contributed by atoms with E-state index in [4.69, 9.17) is 16.3 Å². The zero-order valence-electron chi connectivity index (χ0n) is 13.2. The molecule has 2 unspecified atom stereocenters. The Morgan fingerprint density at radius 1 is 1.24 bits per heavy atom. The van der Waals surface area contributed by atoms with E-state index in [1.165, 1.54) is 16.2 Å². The SMILES string of the molecule is O=C(NC1CN(C(=O)O)CC1OCc1ccccc1)c1ccc(Cl)s1. The predicted octanol–water partition coefficient (Wildman–Crippen LogP) is 3.08. The van der Waals surface area contributed by atoms with Crippen molar-refractivity contribution in [1.82, 2.24) is 10.2 Å². The summed E-state index contributed by atoms with van der Waals surface area (Å²) in [6.45, 7) is 0.772. The molecule has 132 valence electrons. The zero-order valence-corrected chi connectivity index (χ0v) is 14.8. The van der Waals surface area contributed by atoms with Gasteiger partial charge >= 0.3 is 6.09 Å². The molecule has 1 saturated heterocycles. The molecule has 25 heavy (non-hydrogen) atoms. The van der Waals surface area contributed by atoms with Gasteiger partial charge in [0, 0.05) is 6.54 Å². The summed E-state index contributed by atoms with van der Waals surface area (Å²) < 4.78 is 6.41. The average Bonchev–Trinajstić information content (AvgIpc) is 3.20. The molecule has 3 rings (SSSR count). The zero-order chi connectivity index (χ0) is 17.8. The van der Waals surface area contributed by atoms with Crippen LogP contribution in [0.3, 0.4) is 0 Å². The Kier molecular flexibility index (Phi) is 5.57. The second kappa shape index (κ2) is 7.86. The summed E-state index contributed by atoms with van der Waals surface area (Å²) in [4.78, 5) is 25.3. The van der Waals surface area contributed by atoms with Gasteiger partial charge in [0.05, 0.1) is 34.5 Å². The van der Waals surface area contributed by atoms with Crippen LogP contribution in [0.5, 0.6) is 0 Å². The number of benzene rings is 1. The van der Waals surface area contributed by atoms with Crippen molar-refractivity contribution < 1.29 is 19.4 Å². The number of nitrogens with one attached hydrogen (secondary N) is 1. The monoisotopic (exact) mass is 380 g/mol. The van der Waals surface area contributed by atoms with Crippen LogP contribution in [0.2, 0.25) is 4.34 Å². The number of hydrogen-bond acceptors (Lipinski definition) is 4. The summed E-state index contributed by atoms with van der Waals surface area (Å²) in [5.41, 5.74) is 0.992. The van der Waals surface area contributed by atoms with E-state index in [9.17, 15) is 14.7 Å². The van der Waals surface area contributed by atoms with Gasteiger partial charge < -0.3 is 20.1 Å². The lowest BCUT2D eigenvalue weighted by Gasteiger charge is -2.19. The van der Waals surface area contributed by atoms with Gasteiger partial charge in [-0.05, 0) is 17.7 Å². The largest absolute Gasteiger partial charge is 0.465 e. The molecule has 8 heteroatoms. The molecule has 1 aromatic heterocycles. The van der Waals surface area contributed by atoms with Gasteiger partial charge in [0.2, 0.25) is 0 Å². The quantitative estimate of drug-likeness (QED) is 0.835. The second-order valence-corrected chi connectivity index (χ2v) is 7.42. The molecule has 2 atom stereocenters. The number of likely N-dealkylation sites (tertiary alicyclic amines) is 1. The highest BCUT2D eigenvalue weighted by Gasteiger charge is 2.37.